The van der Waals surface area contributed by atoms with Gasteiger partial charge in [0.2, 0.25) is 0 Å². The van der Waals surface area contributed by atoms with Crippen LogP contribution in [0.2, 0.25) is 0 Å². The van der Waals surface area contributed by atoms with Crippen LogP contribution >= 0.6 is 0 Å². The summed E-state index contributed by atoms with van der Waals surface area (Å²) in [5.74, 6) is 0. The monoisotopic (exact) mass is 476 g/mol. The molecule has 0 aromatic heterocycles. The quantitative estimate of drug-likeness (QED) is 0.332. The van der Waals surface area contributed by atoms with E-state index in [-0.39, 0.29) is 4.90 Å². The molecule has 0 spiro atoms. The van der Waals surface area contributed by atoms with Gasteiger partial charge in [0.25, 0.3) is 0 Å². The Hall–Kier alpha value is -2.87. The SMILES string of the molecule is Nc1ccc(S(=O)(=O)[NH][Ge]([c]2ccccc2)([c]2ccccc2)[c]2ccccc2)cc1. The molecular formula is C24H22GeN2O2S. The zero-order valence-electron chi connectivity index (χ0n) is 16.3. The van der Waals surface area contributed by atoms with Crippen LogP contribution in [-0.4, -0.2) is 21.9 Å². The van der Waals surface area contributed by atoms with Gasteiger partial charge in [0.15, 0.2) is 0 Å². The van der Waals surface area contributed by atoms with Gasteiger partial charge in [-0.25, -0.2) is 0 Å². The van der Waals surface area contributed by atoms with Crippen molar-refractivity contribution >= 4 is 42.4 Å². The summed E-state index contributed by atoms with van der Waals surface area (Å²) in [4.78, 5) is 0.203. The molecule has 4 nitrogen and oxygen atoms in total. The van der Waals surface area contributed by atoms with Crippen molar-refractivity contribution in [2.24, 2.45) is 0 Å². The van der Waals surface area contributed by atoms with E-state index in [2.05, 4.69) is 3.68 Å². The number of anilines is 1. The van der Waals surface area contributed by atoms with E-state index < -0.39 is 23.5 Å². The zero-order chi connectivity index (χ0) is 21.0. The summed E-state index contributed by atoms with van der Waals surface area (Å²) in [5.41, 5.74) is 6.29. The van der Waals surface area contributed by atoms with Gasteiger partial charge < -0.3 is 0 Å². The summed E-state index contributed by atoms with van der Waals surface area (Å²) in [5, 5.41) is 0. The molecule has 0 radical (unpaired) electrons. The molecule has 0 aliphatic rings. The van der Waals surface area contributed by atoms with Crippen LogP contribution in [0.1, 0.15) is 0 Å². The maximum atomic E-state index is 13.6. The number of hydrogen-bond acceptors (Lipinski definition) is 3. The molecule has 0 unspecified atom stereocenters. The van der Waals surface area contributed by atoms with E-state index in [4.69, 9.17) is 5.73 Å². The molecule has 30 heavy (non-hydrogen) atoms. The van der Waals surface area contributed by atoms with Crippen LogP contribution < -0.4 is 22.6 Å². The van der Waals surface area contributed by atoms with Crippen LogP contribution in [0.4, 0.5) is 5.69 Å². The van der Waals surface area contributed by atoms with E-state index in [0.717, 1.165) is 13.2 Å². The molecule has 0 heterocycles. The summed E-state index contributed by atoms with van der Waals surface area (Å²) in [6.07, 6.45) is 0. The first-order valence-electron chi connectivity index (χ1n) is 9.58. The molecule has 0 aliphatic carbocycles. The van der Waals surface area contributed by atoms with E-state index >= 15 is 0 Å². The maximum absolute atomic E-state index is 13.6. The first-order valence-corrected chi connectivity index (χ1v) is 15.3. The second kappa shape index (κ2) is 8.48. The van der Waals surface area contributed by atoms with Gasteiger partial charge in [-0.1, -0.05) is 0 Å². The minimum atomic E-state index is -3.83. The second-order valence-corrected chi connectivity index (χ2v) is 16.8. The van der Waals surface area contributed by atoms with Crippen molar-refractivity contribution in [3.8, 4) is 0 Å². The molecule has 0 bridgehead atoms. The third-order valence-corrected chi connectivity index (χ3v) is 17.7. The fourth-order valence-corrected chi connectivity index (χ4v) is 17.0. The molecule has 0 amide bonds. The van der Waals surface area contributed by atoms with Crippen LogP contribution in [0.25, 0.3) is 0 Å². The van der Waals surface area contributed by atoms with Gasteiger partial charge in [-0.05, 0) is 0 Å². The second-order valence-electron chi connectivity index (χ2n) is 7.02. The van der Waals surface area contributed by atoms with Gasteiger partial charge in [-0.3, -0.25) is 0 Å². The number of sulfonamides is 1. The average molecular weight is 475 g/mol. The standard InChI is InChI=1S/C24H22GeN2O2S/c26-23-16-18-24(19-17-23)30(28,29)27-25(20-10-4-1-5-11-20,21-12-6-2-7-13-21)22-14-8-3-9-15-22/h1-19,27H,26H2. The van der Waals surface area contributed by atoms with Gasteiger partial charge in [-0.2, -0.15) is 0 Å². The first kappa shape index (κ1) is 20.4. The summed E-state index contributed by atoms with van der Waals surface area (Å²) >= 11 is -3.83. The van der Waals surface area contributed by atoms with Crippen LogP contribution in [0.5, 0.6) is 0 Å². The van der Waals surface area contributed by atoms with Gasteiger partial charge in [0.1, 0.15) is 0 Å². The number of nitrogen functional groups attached to an aromatic ring is 1. The van der Waals surface area contributed by atoms with Gasteiger partial charge in [0, 0.05) is 0 Å². The van der Waals surface area contributed by atoms with Gasteiger partial charge in [0.05, 0.1) is 0 Å². The number of nitrogens with two attached hydrogens (primary N) is 1. The fourth-order valence-electron chi connectivity index (χ4n) is 3.65. The van der Waals surface area contributed by atoms with Crippen molar-refractivity contribution in [1.29, 1.82) is 0 Å². The third kappa shape index (κ3) is 3.92. The molecule has 0 aliphatic heterocycles. The first-order chi connectivity index (χ1) is 14.5. The molecule has 0 saturated heterocycles. The Morgan fingerprint density at radius 3 is 1.30 bits per heavy atom. The number of nitrogens with one attached hydrogen (secondary N) is 1. The van der Waals surface area contributed by atoms with E-state index in [1.54, 1.807) is 24.3 Å². The number of hydrogen-bond donors (Lipinski definition) is 2. The Kier molecular flexibility index (Phi) is 5.77. The molecule has 0 saturated carbocycles. The molecule has 4 aromatic rings. The average Bonchev–Trinajstić information content (AvgIpc) is 2.79. The van der Waals surface area contributed by atoms with E-state index in [1.807, 2.05) is 91.0 Å². The van der Waals surface area contributed by atoms with Crippen LogP contribution in [0.15, 0.2) is 120 Å². The Morgan fingerprint density at radius 2 is 0.933 bits per heavy atom. The molecule has 0 atom stereocenters. The molecule has 6 heteroatoms. The van der Waals surface area contributed by atoms with Crippen molar-refractivity contribution in [3.05, 3.63) is 115 Å². The van der Waals surface area contributed by atoms with Crippen LogP contribution in [0.3, 0.4) is 0 Å². The molecule has 3 N–H and O–H groups in total. The third-order valence-electron chi connectivity index (χ3n) is 5.10. The summed E-state index contributed by atoms with van der Waals surface area (Å²) in [7, 11) is -3.80. The molecule has 4 rings (SSSR count). The Balaban J connectivity index is 1.99. The zero-order valence-corrected chi connectivity index (χ0v) is 19.2. The normalized spacial score (nSPS) is 11.9. The molecular weight excluding hydrogens is 453 g/mol. The number of benzene rings is 4. The predicted octanol–water partition coefficient (Wildman–Crippen LogP) is 2.21. The van der Waals surface area contributed by atoms with Crippen LogP contribution in [0, 0.1) is 0 Å². The van der Waals surface area contributed by atoms with Crippen molar-refractivity contribution in [3.63, 3.8) is 0 Å². The van der Waals surface area contributed by atoms with Crippen molar-refractivity contribution in [2.45, 2.75) is 4.90 Å². The summed E-state index contributed by atoms with van der Waals surface area (Å²) in [6, 6.07) is 36.0. The van der Waals surface area contributed by atoms with Crippen molar-refractivity contribution < 1.29 is 8.42 Å². The summed E-state index contributed by atoms with van der Waals surface area (Å²) < 4.78 is 33.4. The van der Waals surface area contributed by atoms with Gasteiger partial charge >= 0.3 is 180 Å². The Morgan fingerprint density at radius 1 is 0.567 bits per heavy atom. The van der Waals surface area contributed by atoms with E-state index in [9.17, 15) is 8.42 Å². The fraction of sp³-hybridized carbons (Fsp3) is 0. The Labute approximate surface area is 180 Å². The molecule has 0 fully saturated rings. The molecule has 4 aromatic carbocycles. The number of rotatable bonds is 6. The van der Waals surface area contributed by atoms with Gasteiger partial charge in [-0.15, -0.1) is 0 Å². The Bertz CT molecular complexity index is 1120. The van der Waals surface area contributed by atoms with E-state index in [0.29, 0.717) is 5.69 Å². The van der Waals surface area contributed by atoms with Crippen molar-refractivity contribution in [2.75, 3.05) is 5.73 Å². The van der Waals surface area contributed by atoms with E-state index in [1.165, 1.54) is 0 Å². The topological polar surface area (TPSA) is 72.2 Å². The summed E-state index contributed by atoms with van der Waals surface area (Å²) in [6.45, 7) is 0. The minimum absolute atomic E-state index is 0.203. The molecule has 150 valence electrons. The van der Waals surface area contributed by atoms with Crippen LogP contribution in [-0.2, 0) is 10.0 Å². The predicted molar refractivity (Wildman–Crippen MR) is 125 cm³/mol. The van der Waals surface area contributed by atoms with Crippen molar-refractivity contribution in [1.82, 2.24) is 3.68 Å².